The van der Waals surface area contributed by atoms with Crippen molar-refractivity contribution in [2.24, 2.45) is 16.7 Å². The minimum absolute atomic E-state index is 0. The number of nitrogens with one attached hydrogen (secondary N) is 1. The maximum Gasteiger partial charge on any atom is 0.259 e. The first-order valence-corrected chi connectivity index (χ1v) is 21.3. The van der Waals surface area contributed by atoms with Crippen LogP contribution in [0.25, 0.3) is 10.8 Å². The molecular formula is C49H61ClN6O5. The summed E-state index contributed by atoms with van der Waals surface area (Å²) >= 11 is 6.26. The summed E-state index contributed by atoms with van der Waals surface area (Å²) in [4.78, 5) is 58.5. The summed E-state index contributed by atoms with van der Waals surface area (Å²) in [5.74, 6) is 0.922. The number of hydrogen-bond acceptors (Lipinski definition) is 9. The molecule has 3 aromatic carbocycles. The van der Waals surface area contributed by atoms with E-state index in [1.165, 1.54) is 4.57 Å². The number of pyridine rings is 1. The number of ether oxygens (including phenoxy) is 1. The lowest BCUT2D eigenvalue weighted by Crippen LogP contribution is -2.74. The van der Waals surface area contributed by atoms with E-state index in [4.69, 9.17) is 16.3 Å². The van der Waals surface area contributed by atoms with Gasteiger partial charge in [-0.15, -0.1) is 0 Å². The van der Waals surface area contributed by atoms with E-state index in [0.29, 0.717) is 46.0 Å². The molecule has 324 valence electrons. The number of hydrogen-bond donors (Lipinski definition) is 1. The summed E-state index contributed by atoms with van der Waals surface area (Å²) in [6, 6.07) is 22.4. The number of anilines is 2. The van der Waals surface area contributed by atoms with Crippen molar-refractivity contribution in [3.05, 3.63) is 99.4 Å². The van der Waals surface area contributed by atoms with Crippen LogP contribution in [0.5, 0.6) is 5.75 Å². The summed E-state index contributed by atoms with van der Waals surface area (Å²) in [6.45, 7) is 15.3. The molecule has 1 atom stereocenters. The van der Waals surface area contributed by atoms with E-state index in [1.54, 1.807) is 24.4 Å². The van der Waals surface area contributed by atoms with E-state index >= 15 is 0 Å². The molecule has 1 N–H and O–H groups in total. The van der Waals surface area contributed by atoms with Gasteiger partial charge in [-0.25, -0.2) is 0 Å². The Morgan fingerprint density at radius 3 is 2.13 bits per heavy atom. The van der Waals surface area contributed by atoms with Crippen molar-refractivity contribution in [3.8, 4) is 11.8 Å². The maximum absolute atomic E-state index is 13.5. The average Bonchev–Trinajstić information content (AvgIpc) is 3.22. The van der Waals surface area contributed by atoms with Crippen molar-refractivity contribution >= 4 is 51.2 Å². The molecule has 11 nitrogen and oxygen atoms in total. The van der Waals surface area contributed by atoms with Crippen molar-refractivity contribution in [1.29, 1.82) is 5.26 Å². The Morgan fingerprint density at radius 1 is 0.836 bits per heavy atom. The van der Waals surface area contributed by atoms with Gasteiger partial charge in [0.1, 0.15) is 23.7 Å². The number of Topliss-reactive ketones (excluding diaryl/α,β-unsaturated/α-hetero) is 2. The van der Waals surface area contributed by atoms with Crippen molar-refractivity contribution in [3.63, 3.8) is 0 Å². The Labute approximate surface area is 365 Å². The first-order valence-electron chi connectivity index (χ1n) is 20.9. The molecule has 0 radical (unpaired) electrons. The zero-order valence-corrected chi connectivity index (χ0v) is 35.1. The van der Waals surface area contributed by atoms with Crippen molar-refractivity contribution in [2.45, 2.75) is 92.8 Å². The molecule has 1 unspecified atom stereocenters. The number of carbonyl (C=O) groups excluding carboxylic acids is 3. The second-order valence-electron chi connectivity index (χ2n) is 18.1. The number of amides is 1. The number of fused-ring (bicyclic) bond motifs is 1. The first-order chi connectivity index (χ1) is 28.2. The maximum atomic E-state index is 13.5. The normalized spacial score (nSPS) is 22.7. The highest BCUT2D eigenvalue weighted by atomic mass is 35.5. The number of ketones is 2. The molecule has 4 aromatic rings. The van der Waals surface area contributed by atoms with E-state index in [0.717, 1.165) is 75.4 Å². The van der Waals surface area contributed by atoms with Crippen molar-refractivity contribution in [2.75, 3.05) is 55.6 Å². The third-order valence-electron chi connectivity index (χ3n) is 13.5. The topological polar surface area (TPSA) is 128 Å². The zero-order chi connectivity index (χ0) is 41.6. The van der Waals surface area contributed by atoms with Crippen LogP contribution in [0.15, 0.2) is 77.7 Å². The number of nitriles is 1. The number of nitrogens with zero attached hydrogens (tertiary/aromatic N) is 5. The Hall–Kier alpha value is -5.18. The number of carbonyl (C=O) groups is 3. The zero-order valence-electron chi connectivity index (χ0n) is 34.4. The molecular weight excluding hydrogens is 788 g/mol. The lowest BCUT2D eigenvalue weighted by atomic mass is 9.49. The van der Waals surface area contributed by atoms with Crippen LogP contribution in [0, 0.1) is 28.1 Å². The molecule has 61 heavy (non-hydrogen) atoms. The Bertz CT molecular complexity index is 2350. The van der Waals surface area contributed by atoms with Gasteiger partial charge >= 0.3 is 0 Å². The summed E-state index contributed by atoms with van der Waals surface area (Å²) in [5, 5.41) is 14.3. The largest absolute Gasteiger partial charge is 0.489 e. The van der Waals surface area contributed by atoms with Crippen molar-refractivity contribution in [1.82, 2.24) is 14.8 Å². The molecule has 0 spiro atoms. The van der Waals surface area contributed by atoms with Crippen LogP contribution in [0.4, 0.5) is 11.4 Å². The molecule has 8 rings (SSSR count). The molecule has 4 fully saturated rings. The molecule has 3 heterocycles. The molecule has 2 aliphatic heterocycles. The average molecular weight is 850 g/mol. The van der Waals surface area contributed by atoms with E-state index < -0.39 is 6.04 Å². The standard InChI is InChI=1S/C47H53ClN6O5.2CH4/c1-46(2)44(47(3,4)45(46)59-37-12-7-33(28-49)39(48)27-37)50-42(57)31-5-8-34(9-6-31)52-18-15-30(16-19-52)29-51-21-23-53(24-22-51)35-10-13-38-32(25-35)17-20-54(43(38)58)40-14-11-36(55)26-41(40)56;;/h5-10,12-13,17,20,25,27,30,40,44-45H,11,14-16,18-19,21-24,26,29H2,1-4H3,(H,50,57);2*1H4. The summed E-state index contributed by atoms with van der Waals surface area (Å²) in [6.07, 6.45) is 4.43. The number of piperazine rings is 1. The first kappa shape index (κ1) is 45.3. The minimum Gasteiger partial charge on any atom is -0.489 e. The van der Waals surface area contributed by atoms with Gasteiger partial charge in [0.05, 0.1) is 23.0 Å². The molecule has 12 heteroatoms. The Kier molecular flexibility index (Phi) is 13.4. The minimum atomic E-state index is -0.559. The predicted octanol–water partition coefficient (Wildman–Crippen LogP) is 8.31. The van der Waals surface area contributed by atoms with Gasteiger partial charge in [0, 0.05) is 104 Å². The fourth-order valence-corrected chi connectivity index (χ4v) is 10.6. The summed E-state index contributed by atoms with van der Waals surface area (Å²) < 4.78 is 7.91. The Balaban J connectivity index is 0.00000311. The van der Waals surface area contributed by atoms with Gasteiger partial charge in [-0.2, -0.15) is 5.26 Å². The van der Waals surface area contributed by atoms with Crippen LogP contribution in [0.2, 0.25) is 5.02 Å². The second-order valence-corrected chi connectivity index (χ2v) is 18.5. The summed E-state index contributed by atoms with van der Waals surface area (Å²) in [7, 11) is 0. The van der Waals surface area contributed by atoms with Gasteiger partial charge in [-0.05, 0) is 91.2 Å². The van der Waals surface area contributed by atoms with Gasteiger partial charge in [-0.3, -0.25) is 24.1 Å². The highest BCUT2D eigenvalue weighted by molar-refractivity contribution is 6.31. The van der Waals surface area contributed by atoms with E-state index in [2.05, 4.69) is 72.0 Å². The van der Waals surface area contributed by atoms with Gasteiger partial charge in [0.2, 0.25) is 0 Å². The van der Waals surface area contributed by atoms with E-state index in [-0.39, 0.29) is 67.3 Å². The number of piperidine rings is 1. The highest BCUT2D eigenvalue weighted by Gasteiger charge is 2.64. The molecule has 4 aliphatic rings. The number of aromatic nitrogens is 1. The SMILES string of the molecule is C.C.CC1(C)C(NC(=O)c2ccc(N3CCC(CN4CCN(c5ccc6c(=O)n(C7CCC(=O)CC7=O)ccc6c5)CC4)CC3)cc2)C(C)(C)C1Oc1ccc(C#N)c(Cl)c1. The van der Waals surface area contributed by atoms with E-state index in [9.17, 15) is 24.4 Å². The molecule has 2 saturated carbocycles. The van der Waals surface area contributed by atoms with Crippen molar-refractivity contribution < 1.29 is 19.1 Å². The quantitative estimate of drug-likeness (QED) is 0.166. The smallest absolute Gasteiger partial charge is 0.259 e. The predicted molar refractivity (Wildman–Crippen MR) is 244 cm³/mol. The van der Waals surface area contributed by atoms with Crippen LogP contribution in [0.1, 0.15) is 96.6 Å². The molecule has 1 aromatic heterocycles. The fourth-order valence-electron chi connectivity index (χ4n) is 10.4. The number of rotatable bonds is 9. The number of benzene rings is 3. The fraction of sp³-hybridized carbons (Fsp3) is 0.490. The van der Waals surface area contributed by atoms with Crippen LogP contribution < -0.4 is 25.4 Å². The lowest BCUT2D eigenvalue weighted by molar-refractivity contribution is -0.164. The van der Waals surface area contributed by atoms with Gasteiger partial charge < -0.3 is 24.4 Å². The molecule has 1 amide bonds. The van der Waals surface area contributed by atoms with Gasteiger partial charge in [0.25, 0.3) is 11.5 Å². The third-order valence-corrected chi connectivity index (χ3v) is 13.8. The molecule has 2 saturated heterocycles. The van der Waals surface area contributed by atoms with E-state index in [1.807, 2.05) is 30.3 Å². The monoisotopic (exact) mass is 848 g/mol. The van der Waals surface area contributed by atoms with Crippen LogP contribution >= 0.6 is 11.6 Å². The summed E-state index contributed by atoms with van der Waals surface area (Å²) in [5.41, 5.74) is 2.43. The molecule has 0 bridgehead atoms. The highest BCUT2D eigenvalue weighted by Crippen LogP contribution is 2.55. The Morgan fingerprint density at radius 2 is 1.49 bits per heavy atom. The second kappa shape index (κ2) is 18.0. The third kappa shape index (κ3) is 8.94. The number of halogens is 1. The van der Waals surface area contributed by atoms with Crippen LogP contribution in [-0.4, -0.2) is 84.9 Å². The molecule has 2 aliphatic carbocycles. The van der Waals surface area contributed by atoms with Gasteiger partial charge in [0.15, 0.2) is 5.78 Å². The van der Waals surface area contributed by atoms with Crippen LogP contribution in [0.3, 0.4) is 0 Å². The lowest BCUT2D eigenvalue weighted by Gasteiger charge is -2.63. The van der Waals surface area contributed by atoms with Crippen LogP contribution in [-0.2, 0) is 9.59 Å². The van der Waals surface area contributed by atoms with Gasteiger partial charge in [-0.1, -0.05) is 54.1 Å².